The lowest BCUT2D eigenvalue weighted by Gasteiger charge is -2.24. The third-order valence-corrected chi connectivity index (χ3v) is 10.1. The molecule has 8 N–H and O–H groups in total. The van der Waals surface area contributed by atoms with Crippen molar-refractivity contribution in [2.75, 3.05) is 32.2 Å². The maximum atomic E-state index is 12.5. The fourth-order valence-corrected chi connectivity index (χ4v) is 5.19. The van der Waals surface area contributed by atoms with Gasteiger partial charge in [0.1, 0.15) is 0 Å². The van der Waals surface area contributed by atoms with Crippen LogP contribution in [0, 0.1) is 16.2 Å². The molecule has 0 aliphatic carbocycles. The van der Waals surface area contributed by atoms with Crippen molar-refractivity contribution in [2.24, 2.45) is 22.0 Å². The lowest BCUT2D eigenvalue weighted by atomic mass is 9.92. The van der Waals surface area contributed by atoms with Gasteiger partial charge in [-0.1, -0.05) is 108 Å². The van der Waals surface area contributed by atoms with Gasteiger partial charge in [-0.15, -0.1) is 17.4 Å². The number of anilines is 1. The molecule has 0 fully saturated rings. The summed E-state index contributed by atoms with van der Waals surface area (Å²) in [4.78, 5) is 46.9. The van der Waals surface area contributed by atoms with Crippen molar-refractivity contribution in [2.45, 2.75) is 91.9 Å². The van der Waals surface area contributed by atoms with Crippen molar-refractivity contribution in [1.29, 1.82) is 0 Å². The van der Waals surface area contributed by atoms with E-state index < -0.39 is 16.2 Å². The number of hydrogen-bond acceptors (Lipinski definition) is 8. The number of hydrogen-bond donors (Lipinski definition) is 7. The van der Waals surface area contributed by atoms with Crippen LogP contribution in [0.1, 0.15) is 70.7 Å². The molecular weight excluding hydrogens is 904 g/mol. The minimum absolute atomic E-state index is 0.139. The van der Waals surface area contributed by atoms with Crippen molar-refractivity contribution < 1.29 is 34.1 Å². The lowest BCUT2D eigenvalue weighted by molar-refractivity contribution is -0.152. The van der Waals surface area contributed by atoms with Crippen LogP contribution in [0.3, 0.4) is 0 Å². The van der Waals surface area contributed by atoms with Gasteiger partial charge in [0.2, 0.25) is 11.8 Å². The number of halogens is 3. The number of ether oxygens (including phenoxy) is 1. The highest BCUT2D eigenvalue weighted by atomic mass is 35.5. The summed E-state index contributed by atoms with van der Waals surface area (Å²) in [6.45, 7) is 13.4. The number of nitrogens with two attached hydrogens (primary N) is 1. The molecule has 0 saturated carbocycles. The van der Waals surface area contributed by atoms with Crippen molar-refractivity contribution in [3.8, 4) is 0 Å². The molecule has 16 heteroatoms. The molecule has 65 heavy (non-hydrogen) atoms. The lowest BCUT2D eigenvalue weighted by Crippen LogP contribution is -2.45. The van der Waals surface area contributed by atoms with Crippen LogP contribution in [0.15, 0.2) is 97.1 Å². The molecule has 4 aromatic carbocycles. The van der Waals surface area contributed by atoms with Crippen molar-refractivity contribution >= 4 is 78.5 Å². The molecule has 0 radical (unpaired) electrons. The fourth-order valence-electron chi connectivity index (χ4n) is 4.57. The van der Waals surface area contributed by atoms with E-state index in [0.29, 0.717) is 35.4 Å². The molecule has 4 rings (SSSR count). The van der Waals surface area contributed by atoms with E-state index in [9.17, 15) is 19.2 Å². The van der Waals surface area contributed by atoms with Crippen LogP contribution in [0.4, 0.5) is 10.5 Å². The van der Waals surface area contributed by atoms with E-state index in [0.717, 1.165) is 28.1 Å². The summed E-state index contributed by atoms with van der Waals surface area (Å²) in [7, 11) is 1.31. The van der Waals surface area contributed by atoms with E-state index >= 15 is 0 Å². The summed E-state index contributed by atoms with van der Waals surface area (Å²) in [5.74, 6) is 6.19. The Bertz CT molecular complexity index is 2030. The Balaban J connectivity index is 0.000000906. The van der Waals surface area contributed by atoms with E-state index in [1.807, 2.05) is 84.9 Å². The van der Waals surface area contributed by atoms with Crippen LogP contribution >= 0.6 is 34.8 Å². The Morgan fingerprint density at radius 3 is 1.32 bits per heavy atom. The van der Waals surface area contributed by atoms with Crippen molar-refractivity contribution in [1.82, 2.24) is 16.0 Å². The minimum Gasteiger partial charge on any atom is -0.469 e. The number of nitrogens with one attached hydrogen (secondary N) is 4. The molecule has 0 saturated heterocycles. The van der Waals surface area contributed by atoms with E-state index in [-0.39, 0.29) is 57.7 Å². The molecule has 0 aliphatic rings. The van der Waals surface area contributed by atoms with E-state index in [1.54, 1.807) is 53.7 Å². The zero-order valence-electron chi connectivity index (χ0n) is 39.9. The second-order valence-electron chi connectivity index (χ2n) is 17.4. The quantitative estimate of drug-likeness (QED) is 0.0480. The monoisotopic (exact) mass is 973 g/mol. The SMILES string of the molecule is CC(C)(CO)C(=O)NCc1ccccc1Cl.CCc1ccc(NC(=O)NCC(C)(C)C(=O)NCc2ccccc2Cl)cc1.COC(=O)C(C)(C)CO.NCc1ccccc1Cl.[CH3][Al]([CH3])[CH3]. The van der Waals surface area contributed by atoms with Gasteiger partial charge >= 0.3 is 12.0 Å². The topological polar surface area (TPSA) is 192 Å². The maximum Gasteiger partial charge on any atom is 0.319 e. The summed E-state index contributed by atoms with van der Waals surface area (Å²) in [6.07, 6.45) is 0.948. The van der Waals surface area contributed by atoms with Crippen LogP contribution in [-0.4, -0.2) is 75.0 Å². The summed E-state index contributed by atoms with van der Waals surface area (Å²) in [5.41, 5.74) is 7.73. The van der Waals surface area contributed by atoms with Crippen LogP contribution < -0.4 is 27.0 Å². The number of amides is 4. The van der Waals surface area contributed by atoms with Gasteiger partial charge in [0, 0.05) is 46.9 Å². The van der Waals surface area contributed by atoms with Gasteiger partial charge in [0.15, 0.2) is 0 Å². The third kappa shape index (κ3) is 25.4. The number of rotatable bonds is 14. The Kier molecular flexibility index (Phi) is 29.7. The third-order valence-electron chi connectivity index (χ3n) is 9.04. The second kappa shape index (κ2) is 31.7. The van der Waals surface area contributed by atoms with Gasteiger partial charge in [-0.25, -0.2) is 4.79 Å². The molecule has 0 aliphatic heterocycles. The Labute approximate surface area is 406 Å². The number of methoxy groups -OCH3 is 1. The molecule has 0 atom stereocenters. The van der Waals surface area contributed by atoms with E-state index in [2.05, 4.69) is 50.3 Å². The first-order valence-electron chi connectivity index (χ1n) is 21.3. The van der Waals surface area contributed by atoms with Crippen LogP contribution in [0.2, 0.25) is 32.4 Å². The minimum atomic E-state index is -0.763. The van der Waals surface area contributed by atoms with Gasteiger partial charge in [-0.3, -0.25) is 14.4 Å². The smallest absolute Gasteiger partial charge is 0.319 e. The number of carbonyl (C=O) groups is 4. The molecule has 0 spiro atoms. The van der Waals surface area contributed by atoms with Gasteiger partial charge in [0.05, 0.1) is 36.6 Å². The highest BCUT2D eigenvalue weighted by molar-refractivity contribution is 6.54. The zero-order valence-corrected chi connectivity index (χ0v) is 43.3. The van der Waals surface area contributed by atoms with Crippen molar-refractivity contribution in [3.63, 3.8) is 0 Å². The molecular formula is C49H71AlCl3N5O7. The maximum absolute atomic E-state index is 12.5. The number of urea groups is 1. The Morgan fingerprint density at radius 2 is 1.00 bits per heavy atom. The Hall–Kier alpha value is -4.16. The van der Waals surface area contributed by atoms with Crippen LogP contribution in [0.25, 0.3) is 0 Å². The summed E-state index contributed by atoms with van der Waals surface area (Å²) < 4.78 is 4.41. The average molecular weight is 975 g/mol. The zero-order chi connectivity index (χ0) is 49.8. The normalized spacial score (nSPS) is 10.6. The van der Waals surface area contributed by atoms with Crippen LogP contribution in [0.5, 0.6) is 0 Å². The van der Waals surface area contributed by atoms with Gasteiger partial charge in [-0.2, -0.15) is 0 Å². The largest absolute Gasteiger partial charge is 0.469 e. The highest BCUT2D eigenvalue weighted by Crippen LogP contribution is 2.20. The molecule has 0 unspecified atom stereocenters. The summed E-state index contributed by atoms with van der Waals surface area (Å²) >= 11 is 17.7. The van der Waals surface area contributed by atoms with Gasteiger partial charge in [0.25, 0.3) is 14.1 Å². The summed E-state index contributed by atoms with van der Waals surface area (Å²) in [6, 6.07) is 29.6. The molecule has 0 bridgehead atoms. The molecule has 358 valence electrons. The standard InChI is InChI=1S/C21H26ClN3O2.C12H16ClNO2.C7H8ClN.C6H12O3.3CH3.Al/c1-4-15-9-11-17(12-10-15)25-20(27)24-14-21(2,3)19(26)23-13-16-7-5-6-8-18(16)22;1-12(2,8-15)11(16)14-7-9-5-3-4-6-10(9)13;8-7-4-2-1-3-6(7)5-9;1-6(2,4-7)5(8)9-3;;;;/h5-12H,4,13-14H2,1-3H3,(H,23,26)(H2,24,25,27);3-6,15H,7-8H2,1-2H3,(H,14,16);1-4H,5,9H2;7H,4H2,1-3H3;3*1H3;. The number of esters is 1. The first-order valence-corrected chi connectivity index (χ1v) is 25.9. The molecule has 12 nitrogen and oxygen atoms in total. The predicted octanol–water partition coefficient (Wildman–Crippen LogP) is 9.69. The summed E-state index contributed by atoms with van der Waals surface area (Å²) in [5, 5.41) is 30.8. The average Bonchev–Trinajstić information content (AvgIpc) is 3.28. The Morgan fingerprint density at radius 1 is 0.615 bits per heavy atom. The van der Waals surface area contributed by atoms with Crippen LogP contribution in [-0.2, 0) is 45.2 Å². The predicted molar refractivity (Wildman–Crippen MR) is 270 cm³/mol. The number of carbonyl (C=O) groups excluding carboxylic acids is 4. The van der Waals surface area contributed by atoms with E-state index in [1.165, 1.54) is 12.7 Å². The molecule has 0 heterocycles. The number of aliphatic hydroxyl groups is 2. The molecule has 0 aromatic heterocycles. The van der Waals surface area contributed by atoms with Gasteiger partial charge < -0.3 is 42.0 Å². The highest BCUT2D eigenvalue weighted by Gasteiger charge is 2.29. The van der Waals surface area contributed by atoms with Crippen molar-refractivity contribution in [3.05, 3.63) is 134 Å². The molecule has 4 amide bonds. The number of benzene rings is 4. The fraction of sp³-hybridized carbons (Fsp3) is 0.429. The number of aryl methyl sites for hydroxylation is 1. The van der Waals surface area contributed by atoms with Gasteiger partial charge in [-0.05, 0) is 101 Å². The van der Waals surface area contributed by atoms with E-state index in [4.69, 9.17) is 50.7 Å². The second-order valence-corrected chi connectivity index (χ2v) is 22.1. The molecule has 4 aromatic rings. The number of aliphatic hydroxyl groups excluding tert-OH is 2. The first-order chi connectivity index (χ1) is 30.4. The first kappa shape index (κ1) is 60.8.